The fourth-order valence-corrected chi connectivity index (χ4v) is 6.58. The molecule has 0 unspecified atom stereocenters. The van der Waals surface area contributed by atoms with Gasteiger partial charge >= 0.3 is 10.6 Å². The summed E-state index contributed by atoms with van der Waals surface area (Å²) >= 11 is 1.25. The summed E-state index contributed by atoms with van der Waals surface area (Å²) in [6, 6.07) is 26.6. The van der Waals surface area contributed by atoms with Crippen molar-refractivity contribution >= 4 is 89.9 Å². The van der Waals surface area contributed by atoms with Crippen molar-refractivity contribution in [3.8, 4) is 0 Å². The molecular weight excluding hydrogens is 807 g/mol. The quantitative estimate of drug-likeness (QED) is 0.0369. The van der Waals surface area contributed by atoms with E-state index in [0.717, 1.165) is 37.6 Å². The van der Waals surface area contributed by atoms with Crippen LogP contribution in [-0.4, -0.2) is 84.2 Å². The molecule has 0 spiro atoms. The zero-order chi connectivity index (χ0) is 42.1. The van der Waals surface area contributed by atoms with Crippen LogP contribution in [0.25, 0.3) is 0 Å². The molecule has 21 heteroatoms. The average Bonchev–Trinajstić information content (AvgIpc) is 3.20. The molecule has 0 atom stereocenters. The third-order valence-corrected chi connectivity index (χ3v) is 9.81. The van der Waals surface area contributed by atoms with Gasteiger partial charge in [-0.15, -0.1) is 28.0 Å². The molecule has 0 radical (unpaired) electrons. The smallest absolute Gasteiger partial charge is 0.396 e. The van der Waals surface area contributed by atoms with Gasteiger partial charge in [0.2, 0.25) is 11.9 Å². The van der Waals surface area contributed by atoms with Crippen molar-refractivity contribution in [1.82, 2.24) is 15.0 Å². The lowest BCUT2D eigenvalue weighted by molar-refractivity contribution is 0.322. The molecule has 306 valence electrons. The SMILES string of the molecule is CCN(CC)c1ccc(N=Nc2ccccc2)c(Nc2nc(Nc3cc(N(CC)CC)ccc3N=Nc3ccccc3S(=O)(=O)O)nc(SCCO)n2)c1.O=S(=O)=O. The maximum absolute atomic E-state index is 12.0. The molecule has 0 fully saturated rings. The molecule has 0 saturated heterocycles. The molecule has 0 aliphatic carbocycles. The summed E-state index contributed by atoms with van der Waals surface area (Å²) in [7, 11) is -7.65. The van der Waals surface area contributed by atoms with Crippen molar-refractivity contribution in [2.45, 2.75) is 37.7 Å². The van der Waals surface area contributed by atoms with Crippen LogP contribution in [0.4, 0.5) is 57.4 Å². The van der Waals surface area contributed by atoms with E-state index >= 15 is 0 Å². The van der Waals surface area contributed by atoms with Crippen molar-refractivity contribution in [2.75, 3.05) is 59.0 Å². The van der Waals surface area contributed by atoms with E-state index in [4.69, 9.17) is 17.6 Å². The van der Waals surface area contributed by atoms with Crippen LogP contribution >= 0.6 is 11.8 Å². The van der Waals surface area contributed by atoms with E-state index in [1.54, 1.807) is 12.1 Å². The third kappa shape index (κ3) is 13.4. The van der Waals surface area contributed by atoms with Gasteiger partial charge in [-0.2, -0.15) is 28.5 Å². The number of aliphatic hydroxyl groups is 1. The molecule has 0 amide bonds. The van der Waals surface area contributed by atoms with Crippen LogP contribution in [0.2, 0.25) is 0 Å². The fourth-order valence-electron chi connectivity index (χ4n) is 5.38. The van der Waals surface area contributed by atoms with E-state index < -0.39 is 20.7 Å². The van der Waals surface area contributed by atoms with Gasteiger partial charge in [-0.05, 0) is 88.4 Å². The second-order valence-corrected chi connectivity index (χ2v) is 14.6. The van der Waals surface area contributed by atoms with Crippen LogP contribution in [0.3, 0.4) is 0 Å². The normalized spacial score (nSPS) is 11.3. The summed E-state index contributed by atoms with van der Waals surface area (Å²) in [5.41, 5.74) is 4.55. The standard InChI is InChI=1S/C37H43N11O4S2.O3S/c1-5-47(6-2)27-18-20-29(44-43-26-14-10-9-11-15-26)32(24-27)38-35-40-36(42-37(41-35)53-23-22-49)39-33-25-28(48(7-3)8-4)19-21-30(33)45-46-31-16-12-13-17-34(31)54(50,51)52;1-4(2)3/h9-21,24-25,49H,5-8,22-23H2,1-4H3,(H,50,51,52)(H2,38,39,40,41,42);. The zero-order valence-corrected chi connectivity index (χ0v) is 34.5. The Morgan fingerprint density at radius 3 is 1.60 bits per heavy atom. The first-order valence-corrected chi connectivity index (χ1v) is 21.3. The summed E-state index contributed by atoms with van der Waals surface area (Å²) in [4.78, 5) is 18.0. The number of hydrogen-bond acceptors (Lipinski definition) is 18. The highest BCUT2D eigenvalue weighted by Crippen LogP contribution is 2.36. The molecule has 5 aromatic rings. The number of azo groups is 2. The van der Waals surface area contributed by atoms with Gasteiger partial charge in [-0.25, -0.2) is 0 Å². The summed E-state index contributed by atoms with van der Waals surface area (Å²) in [6.45, 7) is 11.3. The number of nitrogens with one attached hydrogen (secondary N) is 2. The van der Waals surface area contributed by atoms with E-state index in [9.17, 15) is 18.1 Å². The number of benzene rings is 4. The van der Waals surface area contributed by atoms with E-state index in [1.807, 2.05) is 74.5 Å². The second kappa shape index (κ2) is 22.2. The Balaban J connectivity index is 0.00000178. The molecule has 1 aromatic heterocycles. The Hall–Kier alpha value is -5.87. The van der Waals surface area contributed by atoms with Gasteiger partial charge in [0.1, 0.15) is 22.0 Å². The molecule has 0 aliphatic heterocycles. The monoisotopic (exact) mass is 849 g/mol. The Kier molecular flexibility index (Phi) is 17.1. The van der Waals surface area contributed by atoms with Crippen molar-refractivity contribution in [3.63, 3.8) is 0 Å². The van der Waals surface area contributed by atoms with Crippen LogP contribution in [-0.2, 0) is 20.7 Å². The van der Waals surface area contributed by atoms with Crippen molar-refractivity contribution in [1.29, 1.82) is 0 Å². The van der Waals surface area contributed by atoms with Gasteiger partial charge in [0.25, 0.3) is 10.1 Å². The Morgan fingerprint density at radius 2 is 1.12 bits per heavy atom. The van der Waals surface area contributed by atoms with Gasteiger partial charge in [-0.1, -0.05) is 42.1 Å². The molecule has 5 rings (SSSR count). The average molecular weight is 850 g/mol. The van der Waals surface area contributed by atoms with Crippen molar-refractivity contribution in [3.05, 3.63) is 91.0 Å². The Labute approximate surface area is 342 Å². The minimum absolute atomic E-state index is 0.0275. The second-order valence-electron chi connectivity index (χ2n) is 11.7. The highest BCUT2D eigenvalue weighted by Gasteiger charge is 2.17. The summed E-state index contributed by atoms with van der Waals surface area (Å²) < 4.78 is 59.1. The van der Waals surface area contributed by atoms with Gasteiger partial charge < -0.3 is 25.5 Å². The lowest BCUT2D eigenvalue weighted by Crippen LogP contribution is -2.21. The van der Waals surface area contributed by atoms with Gasteiger partial charge in [0.05, 0.1) is 23.7 Å². The number of aliphatic hydroxyl groups excluding tert-OH is 1. The van der Waals surface area contributed by atoms with Crippen molar-refractivity contribution < 1.29 is 30.7 Å². The molecule has 1 heterocycles. The number of thioether (sulfide) groups is 1. The minimum Gasteiger partial charge on any atom is -0.396 e. The first kappa shape index (κ1) is 44.8. The summed E-state index contributed by atoms with van der Waals surface area (Å²) in [5.74, 6) is 0.735. The predicted octanol–water partition coefficient (Wildman–Crippen LogP) is 8.21. The molecular formula is C37H43N11O7S3. The van der Waals surface area contributed by atoms with Gasteiger partial charge in [0, 0.05) is 43.3 Å². The van der Waals surface area contributed by atoms with E-state index in [-0.39, 0.29) is 29.1 Å². The van der Waals surface area contributed by atoms with Crippen LogP contribution in [0.15, 0.2) is 122 Å². The largest absolute Gasteiger partial charge is 0.425 e. The Morgan fingerprint density at radius 1 is 0.655 bits per heavy atom. The fraction of sp³-hybridized carbons (Fsp3) is 0.270. The lowest BCUT2D eigenvalue weighted by atomic mass is 10.2. The maximum Gasteiger partial charge on any atom is 0.425 e. The highest BCUT2D eigenvalue weighted by atomic mass is 32.2. The van der Waals surface area contributed by atoms with Gasteiger partial charge in [0.15, 0.2) is 5.16 Å². The molecule has 18 nitrogen and oxygen atoms in total. The lowest BCUT2D eigenvalue weighted by Gasteiger charge is -2.22. The highest BCUT2D eigenvalue weighted by molar-refractivity contribution is 7.99. The predicted molar refractivity (Wildman–Crippen MR) is 225 cm³/mol. The molecule has 0 saturated carbocycles. The number of anilines is 6. The molecule has 4 N–H and O–H groups in total. The van der Waals surface area contributed by atoms with Gasteiger partial charge in [-0.3, -0.25) is 4.55 Å². The van der Waals surface area contributed by atoms with Crippen molar-refractivity contribution in [2.24, 2.45) is 20.5 Å². The third-order valence-electron chi connectivity index (χ3n) is 8.09. The first-order chi connectivity index (χ1) is 27.9. The zero-order valence-electron chi connectivity index (χ0n) is 32.1. The van der Waals surface area contributed by atoms with E-state index in [1.165, 1.54) is 30.0 Å². The summed E-state index contributed by atoms with van der Waals surface area (Å²) in [5, 5.41) is 34.1. The van der Waals surface area contributed by atoms with Crippen LogP contribution in [0, 0.1) is 0 Å². The number of nitrogens with zero attached hydrogens (tertiary/aromatic N) is 9. The van der Waals surface area contributed by atoms with Crippen LogP contribution in [0.1, 0.15) is 27.7 Å². The van der Waals surface area contributed by atoms with Crippen LogP contribution < -0.4 is 20.4 Å². The maximum atomic E-state index is 12.0. The van der Waals surface area contributed by atoms with E-state index in [2.05, 4.69) is 64.7 Å². The molecule has 0 bridgehead atoms. The molecule has 58 heavy (non-hydrogen) atoms. The first-order valence-electron chi connectivity index (χ1n) is 17.9. The Bertz CT molecular complexity index is 2410. The topological polar surface area (TPSA) is 244 Å². The number of rotatable bonds is 18. The van der Waals surface area contributed by atoms with E-state index in [0.29, 0.717) is 39.3 Å². The minimum atomic E-state index is -4.54. The number of aromatic nitrogens is 3. The number of hydrogen-bond donors (Lipinski definition) is 4. The molecule has 4 aromatic carbocycles. The molecule has 0 aliphatic rings. The van der Waals surface area contributed by atoms with Crippen LogP contribution in [0.5, 0.6) is 0 Å². The summed E-state index contributed by atoms with van der Waals surface area (Å²) in [6.07, 6.45) is 0.